The second-order valence-electron chi connectivity index (χ2n) is 4.63. The van der Waals surface area contributed by atoms with E-state index in [1.54, 1.807) is 6.07 Å². The molecule has 0 spiro atoms. The first-order valence-electron chi connectivity index (χ1n) is 6.34. The number of hydrogen-bond donors (Lipinski definition) is 2. The Morgan fingerprint density at radius 3 is 2.89 bits per heavy atom. The topological polar surface area (TPSA) is 80.6 Å². The van der Waals surface area contributed by atoms with Crippen LogP contribution in [0.1, 0.15) is 35.8 Å². The van der Waals surface area contributed by atoms with E-state index in [1.807, 2.05) is 16.8 Å². The summed E-state index contributed by atoms with van der Waals surface area (Å²) in [5, 5.41) is 11.9. The van der Waals surface area contributed by atoms with E-state index in [4.69, 9.17) is 0 Å². The van der Waals surface area contributed by atoms with E-state index in [-0.39, 0.29) is 12.5 Å². The molecule has 6 heteroatoms. The third-order valence-electron chi connectivity index (χ3n) is 3.41. The van der Waals surface area contributed by atoms with Gasteiger partial charge in [-0.2, -0.15) is 0 Å². The number of carbonyl (C=O) groups excluding carboxylic acids is 2. The van der Waals surface area contributed by atoms with Gasteiger partial charge in [0.05, 0.1) is 13.7 Å². The third-order valence-corrected chi connectivity index (χ3v) is 3.41. The van der Waals surface area contributed by atoms with Crippen LogP contribution in [0.5, 0.6) is 0 Å². The van der Waals surface area contributed by atoms with Gasteiger partial charge in [0.25, 0.3) is 5.91 Å². The summed E-state index contributed by atoms with van der Waals surface area (Å²) in [7, 11) is 1.19. The molecule has 0 aliphatic heterocycles. The maximum atomic E-state index is 12.0. The molecule has 1 atom stereocenters. The highest BCUT2D eigenvalue weighted by atomic mass is 16.5. The molecule has 0 radical (unpaired) electrons. The van der Waals surface area contributed by atoms with Crippen molar-refractivity contribution in [1.29, 1.82) is 0 Å². The van der Waals surface area contributed by atoms with Gasteiger partial charge in [0, 0.05) is 12.2 Å². The lowest BCUT2D eigenvalue weighted by Gasteiger charge is -2.28. The summed E-state index contributed by atoms with van der Waals surface area (Å²) in [6.07, 6.45) is 3.90. The summed E-state index contributed by atoms with van der Waals surface area (Å²) in [4.78, 5) is 23.0. The van der Waals surface area contributed by atoms with Crippen molar-refractivity contribution in [3.05, 3.63) is 24.0 Å². The smallest absolute Gasteiger partial charge is 0.336 e. The van der Waals surface area contributed by atoms with Crippen molar-refractivity contribution in [2.45, 2.75) is 31.4 Å². The number of ether oxygens (including phenoxy) is 1. The van der Waals surface area contributed by atoms with E-state index in [0.717, 1.165) is 12.8 Å². The van der Waals surface area contributed by atoms with Gasteiger partial charge in [0.2, 0.25) is 0 Å². The van der Waals surface area contributed by atoms with Crippen molar-refractivity contribution >= 4 is 11.9 Å². The standard InChI is InChI=1S/C13H18N2O4/c1-19-13(18)11(16)8-14-12(17)10-6-3-7-15(10)9-4-2-5-9/h3,6-7,9,11,16H,2,4-5,8H2,1H3,(H,14,17). The summed E-state index contributed by atoms with van der Waals surface area (Å²) in [6.45, 7) is -0.151. The Bertz CT molecular complexity index is 465. The average molecular weight is 266 g/mol. The number of methoxy groups -OCH3 is 1. The Morgan fingerprint density at radius 2 is 2.32 bits per heavy atom. The molecule has 2 N–H and O–H groups in total. The lowest BCUT2D eigenvalue weighted by Crippen LogP contribution is -2.38. The predicted molar refractivity (Wildman–Crippen MR) is 67.7 cm³/mol. The van der Waals surface area contributed by atoms with Gasteiger partial charge in [0.1, 0.15) is 5.69 Å². The van der Waals surface area contributed by atoms with Crippen LogP contribution in [-0.4, -0.2) is 41.3 Å². The first-order chi connectivity index (χ1) is 9.13. The Morgan fingerprint density at radius 1 is 1.58 bits per heavy atom. The summed E-state index contributed by atoms with van der Waals surface area (Å²) < 4.78 is 6.33. The summed E-state index contributed by atoms with van der Waals surface area (Å²) >= 11 is 0. The maximum absolute atomic E-state index is 12.0. The van der Waals surface area contributed by atoms with E-state index in [9.17, 15) is 14.7 Å². The van der Waals surface area contributed by atoms with Crippen LogP contribution in [0.15, 0.2) is 18.3 Å². The molecular weight excluding hydrogens is 248 g/mol. The monoisotopic (exact) mass is 266 g/mol. The second-order valence-corrected chi connectivity index (χ2v) is 4.63. The van der Waals surface area contributed by atoms with E-state index >= 15 is 0 Å². The Hall–Kier alpha value is -1.82. The van der Waals surface area contributed by atoms with Crippen molar-refractivity contribution < 1.29 is 19.4 Å². The zero-order chi connectivity index (χ0) is 13.8. The number of amides is 1. The Balaban J connectivity index is 1.93. The van der Waals surface area contributed by atoms with Gasteiger partial charge in [-0.05, 0) is 31.4 Å². The highest BCUT2D eigenvalue weighted by molar-refractivity contribution is 5.93. The molecule has 1 heterocycles. The number of aromatic nitrogens is 1. The van der Waals surface area contributed by atoms with Crippen molar-refractivity contribution in [3.8, 4) is 0 Å². The minimum atomic E-state index is -1.33. The van der Waals surface area contributed by atoms with Gasteiger partial charge in [-0.15, -0.1) is 0 Å². The van der Waals surface area contributed by atoms with E-state index in [0.29, 0.717) is 11.7 Å². The zero-order valence-electron chi connectivity index (χ0n) is 10.8. The minimum absolute atomic E-state index is 0.151. The molecule has 1 saturated carbocycles. The van der Waals surface area contributed by atoms with E-state index < -0.39 is 12.1 Å². The van der Waals surface area contributed by atoms with Crippen LogP contribution in [0.4, 0.5) is 0 Å². The molecule has 0 bridgehead atoms. The fourth-order valence-corrected chi connectivity index (χ4v) is 2.07. The molecule has 2 rings (SSSR count). The molecule has 1 aromatic heterocycles. The van der Waals surface area contributed by atoms with E-state index in [1.165, 1.54) is 13.5 Å². The fourth-order valence-electron chi connectivity index (χ4n) is 2.07. The van der Waals surface area contributed by atoms with Crippen LogP contribution >= 0.6 is 0 Å². The molecule has 19 heavy (non-hydrogen) atoms. The minimum Gasteiger partial charge on any atom is -0.467 e. The number of nitrogens with one attached hydrogen (secondary N) is 1. The Labute approximate surface area is 111 Å². The molecule has 1 amide bonds. The summed E-state index contributed by atoms with van der Waals surface area (Å²) in [5.41, 5.74) is 0.557. The number of nitrogens with zero attached hydrogens (tertiary/aromatic N) is 1. The van der Waals surface area contributed by atoms with Crippen LogP contribution in [0.3, 0.4) is 0 Å². The zero-order valence-corrected chi connectivity index (χ0v) is 10.8. The molecule has 6 nitrogen and oxygen atoms in total. The molecule has 104 valence electrons. The van der Waals surface area contributed by atoms with Gasteiger partial charge in [0.15, 0.2) is 6.10 Å². The van der Waals surface area contributed by atoms with Gasteiger partial charge in [-0.1, -0.05) is 0 Å². The molecule has 1 aliphatic rings. The SMILES string of the molecule is COC(=O)C(O)CNC(=O)c1cccn1C1CCC1. The predicted octanol–water partition coefficient (Wildman–Crippen LogP) is 0.477. The van der Waals surface area contributed by atoms with Crippen LogP contribution < -0.4 is 5.32 Å². The highest BCUT2D eigenvalue weighted by Gasteiger charge is 2.24. The number of esters is 1. The number of aliphatic hydroxyl groups is 1. The first-order valence-corrected chi connectivity index (χ1v) is 6.34. The fraction of sp³-hybridized carbons (Fsp3) is 0.538. The van der Waals surface area contributed by atoms with E-state index in [2.05, 4.69) is 10.1 Å². The van der Waals surface area contributed by atoms with Crippen molar-refractivity contribution in [1.82, 2.24) is 9.88 Å². The largest absolute Gasteiger partial charge is 0.467 e. The highest BCUT2D eigenvalue weighted by Crippen LogP contribution is 2.32. The molecule has 1 unspecified atom stereocenters. The molecule has 1 fully saturated rings. The summed E-state index contributed by atoms with van der Waals surface area (Å²) in [6, 6.07) is 3.95. The van der Waals surface area contributed by atoms with Crippen LogP contribution in [0.2, 0.25) is 0 Å². The molecule has 1 aliphatic carbocycles. The Kier molecular flexibility index (Phi) is 4.21. The van der Waals surface area contributed by atoms with Gasteiger partial charge >= 0.3 is 5.97 Å². The normalized spacial score (nSPS) is 16.5. The van der Waals surface area contributed by atoms with Crippen molar-refractivity contribution in [3.63, 3.8) is 0 Å². The van der Waals surface area contributed by atoms with Gasteiger partial charge in [-0.3, -0.25) is 4.79 Å². The molecule has 0 aromatic carbocycles. The van der Waals surface area contributed by atoms with Gasteiger partial charge < -0.3 is 19.7 Å². The number of hydrogen-bond acceptors (Lipinski definition) is 4. The van der Waals surface area contributed by atoms with Crippen LogP contribution in [-0.2, 0) is 9.53 Å². The number of carbonyl (C=O) groups is 2. The van der Waals surface area contributed by atoms with Crippen LogP contribution in [0, 0.1) is 0 Å². The average Bonchev–Trinajstić information content (AvgIpc) is 2.81. The summed E-state index contributed by atoms with van der Waals surface area (Å²) in [5.74, 6) is -1.05. The first kappa shape index (κ1) is 13.6. The van der Waals surface area contributed by atoms with Crippen molar-refractivity contribution in [2.75, 3.05) is 13.7 Å². The number of aliphatic hydroxyl groups excluding tert-OH is 1. The van der Waals surface area contributed by atoms with Crippen LogP contribution in [0.25, 0.3) is 0 Å². The third kappa shape index (κ3) is 2.96. The second kappa shape index (κ2) is 5.88. The van der Waals surface area contributed by atoms with Gasteiger partial charge in [-0.25, -0.2) is 4.79 Å². The number of rotatable bonds is 5. The molecular formula is C13H18N2O4. The van der Waals surface area contributed by atoms with Crippen molar-refractivity contribution in [2.24, 2.45) is 0 Å². The lowest BCUT2D eigenvalue weighted by molar-refractivity contribution is -0.149. The molecule has 1 aromatic rings. The molecule has 0 saturated heterocycles. The lowest BCUT2D eigenvalue weighted by atomic mass is 9.93. The maximum Gasteiger partial charge on any atom is 0.336 e. The quantitative estimate of drug-likeness (QED) is 0.759.